The molecular formula is C26H29N3. The van der Waals surface area contributed by atoms with Gasteiger partial charge in [0, 0.05) is 0 Å². The van der Waals surface area contributed by atoms with Gasteiger partial charge in [-0.05, 0) is 76.4 Å². The molecule has 0 aliphatic heterocycles. The lowest BCUT2D eigenvalue weighted by molar-refractivity contribution is 1.30. The predicted molar refractivity (Wildman–Crippen MR) is 127 cm³/mol. The van der Waals surface area contributed by atoms with Crippen LogP contribution in [0.1, 0.15) is 33.4 Å². The zero-order valence-electron chi connectivity index (χ0n) is 18.2. The van der Waals surface area contributed by atoms with Gasteiger partial charge in [-0.1, -0.05) is 53.1 Å². The van der Waals surface area contributed by atoms with Crippen LogP contribution in [0.2, 0.25) is 0 Å². The first kappa shape index (κ1) is 20.5. The minimum atomic E-state index is 0.963. The number of anilines is 1. The average Bonchev–Trinajstić information content (AvgIpc) is 2.65. The van der Waals surface area contributed by atoms with Crippen molar-refractivity contribution in [2.45, 2.75) is 41.5 Å². The van der Waals surface area contributed by atoms with Gasteiger partial charge in [0.15, 0.2) is 0 Å². The van der Waals surface area contributed by atoms with E-state index in [9.17, 15) is 0 Å². The Hall–Kier alpha value is -3.20. The van der Waals surface area contributed by atoms with E-state index in [1.807, 2.05) is 17.6 Å². The van der Waals surface area contributed by atoms with Crippen LogP contribution >= 0.6 is 0 Å². The Morgan fingerprint density at radius 1 is 0.552 bits per heavy atom. The smallest absolute Gasteiger partial charge is 0.101 e. The van der Waals surface area contributed by atoms with Crippen LogP contribution in [0.4, 0.5) is 17.1 Å². The number of rotatable bonds is 5. The van der Waals surface area contributed by atoms with Crippen molar-refractivity contribution < 1.29 is 0 Å². The molecule has 0 saturated carbocycles. The highest BCUT2D eigenvalue weighted by atomic mass is 15.2. The molecule has 0 fully saturated rings. The molecule has 29 heavy (non-hydrogen) atoms. The Morgan fingerprint density at radius 3 is 1.38 bits per heavy atom. The Bertz CT molecular complexity index is 1020. The largest absolute Gasteiger partial charge is 0.291 e. The summed E-state index contributed by atoms with van der Waals surface area (Å²) >= 11 is 0. The van der Waals surface area contributed by atoms with Gasteiger partial charge in [0.05, 0.1) is 17.1 Å². The molecule has 0 aliphatic carbocycles. The lowest BCUT2D eigenvalue weighted by atomic mass is 10.1. The summed E-state index contributed by atoms with van der Waals surface area (Å²) in [7, 11) is 0. The lowest BCUT2D eigenvalue weighted by Gasteiger charge is -2.17. The maximum absolute atomic E-state index is 4.75. The average molecular weight is 384 g/mol. The lowest BCUT2D eigenvalue weighted by Crippen LogP contribution is -2.19. The third kappa shape index (κ3) is 5.20. The highest BCUT2D eigenvalue weighted by Crippen LogP contribution is 2.24. The van der Waals surface area contributed by atoms with Crippen LogP contribution in [0.25, 0.3) is 0 Å². The minimum absolute atomic E-state index is 0.963. The standard InChI is InChI=1S/C26H29N3/c1-18-7-10-24(21(4)13-18)27-16-29(26-12-9-20(3)15-23(26)6)17-28-25-11-8-19(2)14-22(25)5/h7-17H,1-6H3. The number of nitrogens with zero attached hydrogens (tertiary/aromatic N) is 3. The van der Waals surface area contributed by atoms with Crippen LogP contribution in [-0.4, -0.2) is 12.7 Å². The molecule has 0 saturated heterocycles. The number of hydrogen-bond acceptors (Lipinski definition) is 2. The Balaban J connectivity index is 1.99. The van der Waals surface area contributed by atoms with Crippen LogP contribution < -0.4 is 4.90 Å². The summed E-state index contributed by atoms with van der Waals surface area (Å²) in [6, 6.07) is 19.0. The molecule has 0 heterocycles. The van der Waals surface area contributed by atoms with Crippen LogP contribution in [0.3, 0.4) is 0 Å². The summed E-state index contributed by atoms with van der Waals surface area (Å²) in [5.74, 6) is 0. The maximum atomic E-state index is 4.75. The molecule has 3 aromatic carbocycles. The van der Waals surface area contributed by atoms with Crippen molar-refractivity contribution in [3.05, 3.63) is 88.0 Å². The van der Waals surface area contributed by atoms with Gasteiger partial charge in [0.1, 0.15) is 12.7 Å². The fourth-order valence-corrected chi connectivity index (χ4v) is 3.40. The summed E-state index contributed by atoms with van der Waals surface area (Å²) in [5, 5.41) is 0. The van der Waals surface area contributed by atoms with Gasteiger partial charge in [-0.15, -0.1) is 0 Å². The fourth-order valence-electron chi connectivity index (χ4n) is 3.40. The fraction of sp³-hybridized carbons (Fsp3) is 0.231. The van der Waals surface area contributed by atoms with E-state index in [-0.39, 0.29) is 0 Å². The zero-order chi connectivity index (χ0) is 21.0. The first-order chi connectivity index (χ1) is 13.8. The van der Waals surface area contributed by atoms with E-state index in [0.29, 0.717) is 0 Å². The molecule has 3 aromatic rings. The van der Waals surface area contributed by atoms with E-state index in [0.717, 1.165) is 28.2 Å². The highest BCUT2D eigenvalue weighted by molar-refractivity contribution is 6.02. The molecule has 0 spiro atoms. The van der Waals surface area contributed by atoms with E-state index >= 15 is 0 Å². The molecule has 0 N–H and O–H groups in total. The molecular weight excluding hydrogens is 354 g/mol. The molecule has 0 aliphatic rings. The van der Waals surface area contributed by atoms with Crippen molar-refractivity contribution in [1.82, 2.24) is 0 Å². The van der Waals surface area contributed by atoms with E-state index in [2.05, 4.69) is 96.1 Å². The monoisotopic (exact) mass is 383 g/mol. The van der Waals surface area contributed by atoms with E-state index in [1.54, 1.807) is 0 Å². The first-order valence-corrected chi connectivity index (χ1v) is 9.92. The van der Waals surface area contributed by atoms with Gasteiger partial charge in [-0.3, -0.25) is 4.90 Å². The number of aliphatic imine (C=N–C) groups is 2. The van der Waals surface area contributed by atoms with Crippen LogP contribution in [0, 0.1) is 41.5 Å². The highest BCUT2D eigenvalue weighted by Gasteiger charge is 2.07. The molecule has 3 nitrogen and oxygen atoms in total. The first-order valence-electron chi connectivity index (χ1n) is 9.92. The molecule has 3 rings (SSSR count). The van der Waals surface area contributed by atoms with Gasteiger partial charge in [0.25, 0.3) is 0 Å². The Morgan fingerprint density at radius 2 is 0.966 bits per heavy atom. The second-order valence-corrected chi connectivity index (χ2v) is 7.77. The van der Waals surface area contributed by atoms with Gasteiger partial charge in [-0.25, -0.2) is 9.98 Å². The third-order valence-corrected chi connectivity index (χ3v) is 4.98. The van der Waals surface area contributed by atoms with Crippen molar-refractivity contribution >= 4 is 29.7 Å². The van der Waals surface area contributed by atoms with Crippen molar-refractivity contribution in [2.75, 3.05) is 4.90 Å². The van der Waals surface area contributed by atoms with Crippen molar-refractivity contribution in [3.8, 4) is 0 Å². The summed E-state index contributed by atoms with van der Waals surface area (Å²) in [6.07, 6.45) is 3.70. The van der Waals surface area contributed by atoms with Crippen LogP contribution in [0.5, 0.6) is 0 Å². The number of benzene rings is 3. The molecule has 0 radical (unpaired) electrons. The Labute approximate surface area is 174 Å². The van der Waals surface area contributed by atoms with Crippen molar-refractivity contribution in [2.24, 2.45) is 9.98 Å². The molecule has 0 atom stereocenters. The molecule has 0 unspecified atom stereocenters. The number of aryl methyl sites for hydroxylation is 6. The summed E-state index contributed by atoms with van der Waals surface area (Å²) in [6.45, 7) is 12.6. The SMILES string of the molecule is Cc1ccc(N=CN(C=Nc2ccc(C)cc2C)c2ccc(C)cc2C)c(C)c1. The topological polar surface area (TPSA) is 28.0 Å². The van der Waals surface area contributed by atoms with Crippen LogP contribution in [0.15, 0.2) is 64.6 Å². The van der Waals surface area contributed by atoms with Crippen LogP contribution in [-0.2, 0) is 0 Å². The molecule has 148 valence electrons. The van der Waals surface area contributed by atoms with Gasteiger partial charge >= 0.3 is 0 Å². The molecule has 3 heteroatoms. The molecule has 0 bridgehead atoms. The van der Waals surface area contributed by atoms with Crippen molar-refractivity contribution in [1.29, 1.82) is 0 Å². The van der Waals surface area contributed by atoms with E-state index in [1.165, 1.54) is 22.3 Å². The summed E-state index contributed by atoms with van der Waals surface area (Å²) < 4.78 is 0. The van der Waals surface area contributed by atoms with Crippen molar-refractivity contribution in [3.63, 3.8) is 0 Å². The van der Waals surface area contributed by atoms with E-state index in [4.69, 9.17) is 9.98 Å². The maximum Gasteiger partial charge on any atom is 0.101 e. The quantitative estimate of drug-likeness (QED) is 0.342. The molecule has 0 amide bonds. The van der Waals surface area contributed by atoms with E-state index < -0.39 is 0 Å². The Kier molecular flexibility index (Phi) is 6.28. The zero-order valence-corrected chi connectivity index (χ0v) is 18.2. The van der Waals surface area contributed by atoms with Gasteiger partial charge in [0.2, 0.25) is 0 Å². The van der Waals surface area contributed by atoms with Gasteiger partial charge < -0.3 is 0 Å². The second kappa shape index (κ2) is 8.87. The molecule has 0 aromatic heterocycles. The number of hydrogen-bond donors (Lipinski definition) is 0. The van der Waals surface area contributed by atoms with Gasteiger partial charge in [-0.2, -0.15) is 0 Å². The summed E-state index contributed by atoms with van der Waals surface area (Å²) in [5.41, 5.74) is 10.2. The normalized spacial score (nSPS) is 11.5. The third-order valence-electron chi connectivity index (χ3n) is 4.98. The summed E-state index contributed by atoms with van der Waals surface area (Å²) in [4.78, 5) is 11.5. The predicted octanol–water partition coefficient (Wildman–Crippen LogP) is 7.06. The minimum Gasteiger partial charge on any atom is -0.291 e. The second-order valence-electron chi connectivity index (χ2n) is 7.77.